The molecular formula is C16H20N2OS. The number of aryl methyl sites for hydroxylation is 2. The normalized spacial score (nSPS) is 14.6. The van der Waals surface area contributed by atoms with Crippen molar-refractivity contribution in [1.29, 1.82) is 0 Å². The van der Waals surface area contributed by atoms with E-state index in [1.807, 2.05) is 13.0 Å². The highest BCUT2D eigenvalue weighted by Gasteiger charge is 2.32. The Labute approximate surface area is 123 Å². The zero-order valence-corrected chi connectivity index (χ0v) is 12.8. The van der Waals surface area contributed by atoms with Crippen molar-refractivity contribution in [3.63, 3.8) is 0 Å². The number of pyridine rings is 1. The Morgan fingerprint density at radius 3 is 2.80 bits per heavy atom. The van der Waals surface area contributed by atoms with Crippen molar-refractivity contribution < 1.29 is 5.11 Å². The summed E-state index contributed by atoms with van der Waals surface area (Å²) in [5.41, 5.74) is 3.12. The maximum atomic E-state index is 9.70. The average Bonchev–Trinajstić information content (AvgIpc) is 3.12. The summed E-state index contributed by atoms with van der Waals surface area (Å²) in [6.07, 6.45) is 2.45. The van der Waals surface area contributed by atoms with Crippen molar-refractivity contribution in [2.24, 2.45) is 0 Å². The molecule has 1 aliphatic carbocycles. The summed E-state index contributed by atoms with van der Waals surface area (Å²) in [4.78, 5) is 8.44. The van der Waals surface area contributed by atoms with E-state index in [4.69, 9.17) is 4.98 Å². The van der Waals surface area contributed by atoms with E-state index in [1.165, 1.54) is 17.7 Å². The van der Waals surface area contributed by atoms with E-state index in [2.05, 4.69) is 29.3 Å². The lowest BCUT2D eigenvalue weighted by Crippen LogP contribution is -2.27. The van der Waals surface area contributed by atoms with E-state index in [0.29, 0.717) is 6.04 Å². The van der Waals surface area contributed by atoms with Crippen molar-refractivity contribution in [2.45, 2.75) is 45.9 Å². The first-order chi connectivity index (χ1) is 9.69. The molecule has 20 heavy (non-hydrogen) atoms. The second-order valence-electron chi connectivity index (χ2n) is 5.48. The number of rotatable bonds is 5. The molecule has 0 aromatic carbocycles. The maximum absolute atomic E-state index is 9.70. The van der Waals surface area contributed by atoms with Gasteiger partial charge in [-0.05, 0) is 49.8 Å². The molecule has 3 nitrogen and oxygen atoms in total. The molecule has 0 unspecified atom stereocenters. The third-order valence-corrected chi connectivity index (χ3v) is 4.64. The molecule has 1 fully saturated rings. The monoisotopic (exact) mass is 288 g/mol. The van der Waals surface area contributed by atoms with Gasteiger partial charge in [-0.25, -0.2) is 4.98 Å². The number of anilines is 1. The van der Waals surface area contributed by atoms with Crippen LogP contribution in [0.2, 0.25) is 0 Å². The van der Waals surface area contributed by atoms with Gasteiger partial charge in [-0.2, -0.15) is 0 Å². The van der Waals surface area contributed by atoms with Crippen LogP contribution in [-0.4, -0.2) is 16.1 Å². The fraction of sp³-hybridized carbons (Fsp3) is 0.438. The Hall–Kier alpha value is -1.39. The molecule has 0 bridgehead atoms. The summed E-state index contributed by atoms with van der Waals surface area (Å²) in [5.74, 6) is 0.973. The van der Waals surface area contributed by atoms with Crippen molar-refractivity contribution in [3.8, 4) is 0 Å². The highest BCUT2D eigenvalue weighted by atomic mass is 32.1. The van der Waals surface area contributed by atoms with E-state index in [0.717, 1.165) is 29.2 Å². The zero-order chi connectivity index (χ0) is 14.1. The molecule has 0 aliphatic heterocycles. The van der Waals surface area contributed by atoms with Gasteiger partial charge in [0, 0.05) is 22.2 Å². The summed E-state index contributed by atoms with van der Waals surface area (Å²) in [7, 11) is 0. The van der Waals surface area contributed by atoms with Crippen LogP contribution in [0.4, 0.5) is 5.82 Å². The Balaban J connectivity index is 1.98. The topological polar surface area (TPSA) is 36.4 Å². The second-order valence-corrected chi connectivity index (χ2v) is 6.51. The minimum Gasteiger partial charge on any atom is -0.392 e. The zero-order valence-electron chi connectivity index (χ0n) is 12.0. The van der Waals surface area contributed by atoms with Gasteiger partial charge in [0.25, 0.3) is 0 Å². The molecule has 2 aromatic heterocycles. The molecule has 4 heteroatoms. The predicted molar refractivity (Wildman–Crippen MR) is 83.2 cm³/mol. The molecule has 1 saturated carbocycles. The quantitative estimate of drug-likeness (QED) is 0.916. The van der Waals surface area contributed by atoms with Crippen molar-refractivity contribution in [1.82, 2.24) is 4.98 Å². The smallest absolute Gasteiger partial charge is 0.135 e. The van der Waals surface area contributed by atoms with Crippen LogP contribution in [0.1, 0.15) is 34.5 Å². The van der Waals surface area contributed by atoms with Crippen molar-refractivity contribution >= 4 is 17.2 Å². The standard InChI is InChI=1S/C16H20N2OS/c1-11-8-12(2)17-16(15(11)10-19)18(13-5-6-13)9-14-4-3-7-20-14/h3-4,7-8,13,19H,5-6,9-10H2,1-2H3. The number of aliphatic hydroxyl groups is 1. The van der Waals surface area contributed by atoms with Crippen LogP contribution in [0, 0.1) is 13.8 Å². The molecule has 2 aromatic rings. The molecule has 2 heterocycles. The fourth-order valence-corrected chi connectivity index (χ4v) is 3.31. The minimum absolute atomic E-state index is 0.0576. The molecule has 0 spiro atoms. The summed E-state index contributed by atoms with van der Waals surface area (Å²) in [5, 5.41) is 11.8. The van der Waals surface area contributed by atoms with E-state index in [9.17, 15) is 5.11 Å². The molecule has 0 saturated heterocycles. The van der Waals surface area contributed by atoms with E-state index in [-0.39, 0.29) is 6.61 Å². The lowest BCUT2D eigenvalue weighted by molar-refractivity contribution is 0.280. The van der Waals surface area contributed by atoms with Gasteiger partial charge in [-0.3, -0.25) is 0 Å². The van der Waals surface area contributed by atoms with Crippen LogP contribution >= 0.6 is 11.3 Å². The van der Waals surface area contributed by atoms with Gasteiger partial charge in [-0.1, -0.05) is 6.07 Å². The molecule has 0 radical (unpaired) electrons. The number of hydrogen-bond donors (Lipinski definition) is 1. The van der Waals surface area contributed by atoms with Crippen LogP contribution in [-0.2, 0) is 13.2 Å². The summed E-state index contributed by atoms with van der Waals surface area (Å²) >= 11 is 1.78. The van der Waals surface area contributed by atoms with Gasteiger partial charge in [-0.15, -0.1) is 11.3 Å². The number of hydrogen-bond acceptors (Lipinski definition) is 4. The summed E-state index contributed by atoms with van der Waals surface area (Å²) in [6, 6.07) is 6.88. The fourth-order valence-electron chi connectivity index (χ4n) is 2.61. The first kappa shape index (κ1) is 13.6. The lowest BCUT2D eigenvalue weighted by atomic mass is 10.1. The van der Waals surface area contributed by atoms with E-state index in [1.54, 1.807) is 11.3 Å². The molecule has 0 atom stereocenters. The first-order valence-corrected chi connectivity index (χ1v) is 7.94. The third kappa shape index (κ3) is 2.72. The first-order valence-electron chi connectivity index (χ1n) is 7.06. The number of nitrogens with zero attached hydrogens (tertiary/aromatic N) is 2. The summed E-state index contributed by atoms with van der Waals surface area (Å²) < 4.78 is 0. The molecule has 0 amide bonds. The number of aromatic nitrogens is 1. The number of thiophene rings is 1. The SMILES string of the molecule is Cc1cc(C)c(CO)c(N(Cc2cccs2)C2CC2)n1. The molecule has 1 N–H and O–H groups in total. The van der Waals surface area contributed by atoms with Gasteiger partial charge >= 0.3 is 0 Å². The Kier molecular flexibility index (Phi) is 3.76. The summed E-state index contributed by atoms with van der Waals surface area (Å²) in [6.45, 7) is 5.03. The van der Waals surface area contributed by atoms with Gasteiger partial charge in [0.2, 0.25) is 0 Å². The molecule has 106 valence electrons. The minimum atomic E-state index is 0.0576. The van der Waals surface area contributed by atoms with Crippen molar-refractivity contribution in [2.75, 3.05) is 4.90 Å². The van der Waals surface area contributed by atoms with Crippen LogP contribution < -0.4 is 4.90 Å². The van der Waals surface area contributed by atoms with Crippen LogP contribution in [0.3, 0.4) is 0 Å². The lowest BCUT2D eigenvalue weighted by Gasteiger charge is -2.26. The Morgan fingerprint density at radius 1 is 1.40 bits per heavy atom. The largest absolute Gasteiger partial charge is 0.392 e. The van der Waals surface area contributed by atoms with Crippen LogP contribution in [0.5, 0.6) is 0 Å². The van der Waals surface area contributed by atoms with E-state index < -0.39 is 0 Å². The molecular weight excluding hydrogens is 268 g/mol. The highest BCUT2D eigenvalue weighted by Crippen LogP contribution is 2.35. The average molecular weight is 288 g/mol. The Morgan fingerprint density at radius 2 is 2.20 bits per heavy atom. The Bertz CT molecular complexity index is 591. The maximum Gasteiger partial charge on any atom is 0.135 e. The van der Waals surface area contributed by atoms with Gasteiger partial charge in [0.1, 0.15) is 5.82 Å². The molecule has 3 rings (SSSR count). The predicted octanol–water partition coefficient (Wildman–Crippen LogP) is 3.42. The molecule has 1 aliphatic rings. The highest BCUT2D eigenvalue weighted by molar-refractivity contribution is 7.09. The number of aliphatic hydroxyl groups excluding tert-OH is 1. The van der Waals surface area contributed by atoms with Crippen LogP contribution in [0.15, 0.2) is 23.6 Å². The van der Waals surface area contributed by atoms with E-state index >= 15 is 0 Å². The van der Waals surface area contributed by atoms with Gasteiger partial charge < -0.3 is 10.0 Å². The third-order valence-electron chi connectivity index (χ3n) is 3.78. The van der Waals surface area contributed by atoms with Gasteiger partial charge in [0.05, 0.1) is 13.2 Å². The van der Waals surface area contributed by atoms with Crippen molar-refractivity contribution in [3.05, 3.63) is 45.3 Å². The second kappa shape index (κ2) is 5.54. The van der Waals surface area contributed by atoms with Gasteiger partial charge in [0.15, 0.2) is 0 Å². The van der Waals surface area contributed by atoms with Crippen LogP contribution in [0.25, 0.3) is 0 Å².